The summed E-state index contributed by atoms with van der Waals surface area (Å²) in [5.74, 6) is 0.158. The molecule has 9 nitrogen and oxygen atoms in total. The van der Waals surface area contributed by atoms with Gasteiger partial charge in [0.1, 0.15) is 11.4 Å². The first-order valence-electron chi connectivity index (χ1n) is 8.85. The number of nitrogens with zero attached hydrogens (tertiary/aromatic N) is 2. The molecule has 1 heterocycles. The first-order chi connectivity index (χ1) is 14.0. The van der Waals surface area contributed by atoms with Gasteiger partial charge >= 0.3 is 0 Å². The predicted molar refractivity (Wildman–Crippen MR) is 113 cm³/mol. The second kappa shape index (κ2) is 9.30. The van der Waals surface area contributed by atoms with Gasteiger partial charge in [0.05, 0.1) is 25.2 Å². The highest BCUT2D eigenvalue weighted by molar-refractivity contribution is 7.80. The topological polar surface area (TPSA) is 106 Å². The number of benzene rings is 2. The van der Waals surface area contributed by atoms with Crippen LogP contribution in [0, 0.1) is 10.1 Å². The van der Waals surface area contributed by atoms with E-state index in [9.17, 15) is 14.9 Å². The molecule has 3 rings (SSSR count). The van der Waals surface area contributed by atoms with Crippen molar-refractivity contribution in [2.45, 2.75) is 0 Å². The molecule has 2 aromatic carbocycles. The number of nitro benzene ring substituents is 1. The molecule has 0 bridgehead atoms. The Morgan fingerprint density at radius 2 is 1.90 bits per heavy atom. The highest BCUT2D eigenvalue weighted by Gasteiger charge is 2.23. The molecule has 1 aliphatic heterocycles. The van der Waals surface area contributed by atoms with Crippen LogP contribution in [0.1, 0.15) is 10.4 Å². The fraction of sp³-hybridized carbons (Fsp3) is 0.263. The Morgan fingerprint density at radius 1 is 1.21 bits per heavy atom. The van der Waals surface area contributed by atoms with Gasteiger partial charge in [0.25, 0.3) is 11.6 Å². The molecule has 0 unspecified atom stereocenters. The van der Waals surface area contributed by atoms with Gasteiger partial charge in [0.2, 0.25) is 0 Å². The van der Waals surface area contributed by atoms with Gasteiger partial charge in [0, 0.05) is 30.4 Å². The second-order valence-corrected chi connectivity index (χ2v) is 6.61. The predicted octanol–water partition coefficient (Wildman–Crippen LogP) is 2.57. The molecule has 2 aromatic rings. The Balaban J connectivity index is 1.70. The minimum absolute atomic E-state index is 0.0834. The van der Waals surface area contributed by atoms with Crippen LogP contribution in [0.2, 0.25) is 0 Å². The van der Waals surface area contributed by atoms with Crippen molar-refractivity contribution in [2.75, 3.05) is 43.6 Å². The van der Waals surface area contributed by atoms with E-state index >= 15 is 0 Å². The molecule has 0 saturated carbocycles. The molecule has 0 spiro atoms. The normalized spacial score (nSPS) is 13.5. The van der Waals surface area contributed by atoms with E-state index < -0.39 is 10.8 Å². The molecule has 0 aromatic heterocycles. The minimum atomic E-state index is -0.535. The summed E-state index contributed by atoms with van der Waals surface area (Å²) < 4.78 is 10.4. The molecular formula is C19H20N4O5S. The Bertz CT molecular complexity index is 913. The molecule has 0 aliphatic carbocycles. The number of carbonyl (C=O) groups excluding carboxylic acids is 1. The number of hydrogen-bond acceptors (Lipinski definition) is 7. The van der Waals surface area contributed by atoms with Crippen LogP contribution < -0.4 is 20.3 Å². The van der Waals surface area contributed by atoms with Crippen molar-refractivity contribution >= 4 is 40.3 Å². The van der Waals surface area contributed by atoms with E-state index in [0.717, 1.165) is 0 Å². The van der Waals surface area contributed by atoms with Gasteiger partial charge in [-0.25, -0.2) is 0 Å². The van der Waals surface area contributed by atoms with Gasteiger partial charge in [-0.1, -0.05) is 0 Å². The Labute approximate surface area is 172 Å². The fourth-order valence-corrected chi connectivity index (χ4v) is 3.11. The highest BCUT2D eigenvalue weighted by atomic mass is 32.1. The largest absolute Gasteiger partial charge is 0.497 e. The lowest BCUT2D eigenvalue weighted by Gasteiger charge is -2.28. The number of nitrogens with one attached hydrogen (secondary N) is 2. The van der Waals surface area contributed by atoms with Crippen molar-refractivity contribution in [1.29, 1.82) is 0 Å². The molecule has 152 valence electrons. The number of anilines is 2. The number of rotatable bonds is 5. The van der Waals surface area contributed by atoms with Crippen LogP contribution in [0.15, 0.2) is 42.5 Å². The van der Waals surface area contributed by atoms with Crippen molar-refractivity contribution in [1.82, 2.24) is 5.32 Å². The molecule has 0 atom stereocenters. The maximum absolute atomic E-state index is 12.5. The summed E-state index contributed by atoms with van der Waals surface area (Å²) in [5.41, 5.74) is 1.15. The van der Waals surface area contributed by atoms with E-state index in [2.05, 4.69) is 10.6 Å². The van der Waals surface area contributed by atoms with E-state index in [4.69, 9.17) is 21.7 Å². The first-order valence-corrected chi connectivity index (χ1v) is 9.26. The van der Waals surface area contributed by atoms with E-state index in [1.54, 1.807) is 43.5 Å². The van der Waals surface area contributed by atoms with Crippen LogP contribution >= 0.6 is 12.2 Å². The van der Waals surface area contributed by atoms with Crippen LogP contribution in [-0.4, -0.2) is 49.4 Å². The van der Waals surface area contributed by atoms with Crippen molar-refractivity contribution in [3.63, 3.8) is 0 Å². The van der Waals surface area contributed by atoms with Gasteiger partial charge in [0.15, 0.2) is 5.11 Å². The number of ether oxygens (including phenoxy) is 2. The number of thiocarbonyl (C=S) groups is 1. The lowest BCUT2D eigenvalue weighted by Crippen LogP contribution is -2.37. The SMILES string of the molecule is COc1ccc(NC(=S)NC(=O)c2ccc(N3CCOCC3)c([N+](=O)[O-])c2)cc1. The number of hydrogen-bond donors (Lipinski definition) is 2. The molecule has 1 fully saturated rings. The number of amides is 1. The minimum Gasteiger partial charge on any atom is -0.497 e. The molecule has 1 aliphatic rings. The molecule has 2 N–H and O–H groups in total. The Morgan fingerprint density at radius 3 is 2.52 bits per heavy atom. The van der Waals surface area contributed by atoms with Crippen LogP contribution in [-0.2, 0) is 4.74 Å². The molecule has 10 heteroatoms. The van der Waals surface area contributed by atoms with Crippen molar-refractivity contribution in [3.05, 3.63) is 58.1 Å². The zero-order valence-corrected chi connectivity index (χ0v) is 16.5. The van der Waals surface area contributed by atoms with E-state index in [-0.39, 0.29) is 16.4 Å². The first kappa shape index (κ1) is 20.5. The Hall–Kier alpha value is -3.24. The maximum Gasteiger partial charge on any atom is 0.293 e. The van der Waals surface area contributed by atoms with E-state index in [0.29, 0.717) is 43.4 Å². The van der Waals surface area contributed by atoms with Crippen molar-refractivity contribution < 1.29 is 19.2 Å². The highest BCUT2D eigenvalue weighted by Crippen LogP contribution is 2.30. The third-order valence-corrected chi connectivity index (χ3v) is 4.57. The van der Waals surface area contributed by atoms with E-state index in [1.807, 2.05) is 4.90 Å². The van der Waals surface area contributed by atoms with E-state index in [1.165, 1.54) is 6.07 Å². The monoisotopic (exact) mass is 416 g/mol. The quantitative estimate of drug-likeness (QED) is 0.435. The number of nitro groups is 1. The molecule has 29 heavy (non-hydrogen) atoms. The summed E-state index contributed by atoms with van der Waals surface area (Å²) in [4.78, 5) is 25.4. The number of carbonyl (C=O) groups is 1. The Kier molecular flexibility index (Phi) is 6.57. The van der Waals surface area contributed by atoms with Crippen LogP contribution in [0.3, 0.4) is 0 Å². The second-order valence-electron chi connectivity index (χ2n) is 6.20. The van der Waals surface area contributed by atoms with Gasteiger partial charge < -0.3 is 19.7 Å². The summed E-state index contributed by atoms with van der Waals surface area (Å²) in [5, 5.41) is 17.0. The summed E-state index contributed by atoms with van der Waals surface area (Å²) in [7, 11) is 1.57. The molecule has 0 radical (unpaired) electrons. The lowest BCUT2D eigenvalue weighted by atomic mass is 10.1. The van der Waals surface area contributed by atoms with Crippen molar-refractivity contribution in [3.8, 4) is 5.75 Å². The molecule has 1 amide bonds. The molecular weight excluding hydrogens is 396 g/mol. The summed E-state index contributed by atoms with van der Waals surface area (Å²) in [6.45, 7) is 2.12. The zero-order chi connectivity index (χ0) is 20.8. The molecule has 1 saturated heterocycles. The van der Waals surface area contributed by atoms with Gasteiger partial charge in [-0.3, -0.25) is 20.2 Å². The average molecular weight is 416 g/mol. The van der Waals surface area contributed by atoms with Crippen LogP contribution in [0.4, 0.5) is 17.1 Å². The average Bonchev–Trinajstić information content (AvgIpc) is 2.74. The van der Waals surface area contributed by atoms with Gasteiger partial charge in [-0.2, -0.15) is 0 Å². The smallest absolute Gasteiger partial charge is 0.293 e. The third kappa shape index (κ3) is 5.18. The fourth-order valence-electron chi connectivity index (χ4n) is 2.89. The van der Waals surface area contributed by atoms with Gasteiger partial charge in [-0.05, 0) is 48.6 Å². The third-order valence-electron chi connectivity index (χ3n) is 4.36. The standard InChI is InChI=1S/C19H20N4O5S/c1-27-15-5-3-14(4-6-15)20-19(29)21-18(24)13-2-7-16(17(12-13)23(25)26)22-8-10-28-11-9-22/h2-7,12H,8-11H2,1H3,(H2,20,21,24,29). The van der Waals surface area contributed by atoms with Crippen molar-refractivity contribution in [2.24, 2.45) is 0 Å². The zero-order valence-electron chi connectivity index (χ0n) is 15.7. The lowest BCUT2D eigenvalue weighted by molar-refractivity contribution is -0.384. The van der Waals surface area contributed by atoms with Crippen LogP contribution in [0.5, 0.6) is 5.75 Å². The number of morpholine rings is 1. The van der Waals surface area contributed by atoms with Gasteiger partial charge in [-0.15, -0.1) is 0 Å². The maximum atomic E-state index is 12.5. The van der Waals surface area contributed by atoms with Crippen LogP contribution in [0.25, 0.3) is 0 Å². The summed E-state index contributed by atoms with van der Waals surface area (Å²) in [6.07, 6.45) is 0. The number of methoxy groups -OCH3 is 1. The summed E-state index contributed by atoms with van der Waals surface area (Å²) in [6, 6.07) is 11.4. The summed E-state index contributed by atoms with van der Waals surface area (Å²) >= 11 is 5.16.